The molecule has 1 heterocycles. The molecule has 1 rings (SSSR count). The number of ether oxygens (including phenoxy) is 1. The second kappa shape index (κ2) is 4.23. The summed E-state index contributed by atoms with van der Waals surface area (Å²) in [6.45, 7) is 5.50. The van der Waals surface area contributed by atoms with E-state index in [0.717, 1.165) is 19.3 Å². The van der Waals surface area contributed by atoms with Crippen LogP contribution in [-0.2, 0) is 9.53 Å². The molecule has 1 saturated heterocycles. The van der Waals surface area contributed by atoms with E-state index in [2.05, 4.69) is 18.2 Å². The summed E-state index contributed by atoms with van der Waals surface area (Å²) < 4.78 is 4.67. The van der Waals surface area contributed by atoms with E-state index in [1.54, 1.807) is 6.08 Å². The third kappa shape index (κ3) is 2.18. The minimum Gasteiger partial charge on any atom is -0.425 e. The lowest BCUT2D eigenvalue weighted by molar-refractivity contribution is -0.132. The molecule has 0 spiro atoms. The largest absolute Gasteiger partial charge is 0.425 e. The first-order valence-electron chi connectivity index (χ1n) is 4.46. The molecule has 1 fully saturated rings. The monoisotopic (exact) mass is 182 g/mol. The van der Waals surface area contributed by atoms with Crippen LogP contribution in [0, 0.1) is 0 Å². The van der Waals surface area contributed by atoms with Crippen LogP contribution in [-0.4, -0.2) is 17.2 Å². The summed E-state index contributed by atoms with van der Waals surface area (Å²) in [5.74, 6) is -0.332. The van der Waals surface area contributed by atoms with Gasteiger partial charge in [0.1, 0.15) is 11.9 Å². The van der Waals surface area contributed by atoms with E-state index >= 15 is 0 Å². The van der Waals surface area contributed by atoms with Crippen molar-refractivity contribution in [2.45, 2.75) is 32.3 Å². The Morgan fingerprint density at radius 3 is 2.85 bits per heavy atom. The van der Waals surface area contributed by atoms with E-state index in [1.807, 2.05) is 0 Å². The van der Waals surface area contributed by atoms with Crippen LogP contribution < -0.4 is 0 Å². The third-order valence-electron chi connectivity index (χ3n) is 1.98. The first-order chi connectivity index (χ1) is 6.16. The highest BCUT2D eigenvalue weighted by Gasteiger charge is 2.32. The molecule has 0 aromatic rings. The van der Waals surface area contributed by atoms with Gasteiger partial charge in [0.15, 0.2) is 0 Å². The average molecular weight is 182 g/mol. The van der Waals surface area contributed by atoms with E-state index in [1.165, 1.54) is 0 Å². The van der Waals surface area contributed by atoms with Crippen molar-refractivity contribution < 1.29 is 14.6 Å². The Kier molecular flexibility index (Phi) is 3.25. The molecule has 1 aliphatic rings. The lowest BCUT2D eigenvalue weighted by atomic mass is 10.1. The maximum atomic E-state index is 11.1. The highest BCUT2D eigenvalue weighted by Crippen LogP contribution is 2.23. The van der Waals surface area contributed by atoms with Gasteiger partial charge in [0, 0.05) is 0 Å². The van der Waals surface area contributed by atoms with Crippen molar-refractivity contribution >= 4 is 5.97 Å². The van der Waals surface area contributed by atoms with Crippen molar-refractivity contribution in [2.75, 3.05) is 0 Å². The second-order valence-corrected chi connectivity index (χ2v) is 3.06. The van der Waals surface area contributed by atoms with Crippen molar-refractivity contribution in [3.8, 4) is 0 Å². The average Bonchev–Trinajstić information content (AvgIpc) is 2.32. The Bertz CT molecular complexity index is 253. The first-order valence-corrected chi connectivity index (χ1v) is 4.46. The number of carbonyl (C=O) groups excluding carboxylic acids is 1. The minimum atomic E-state index is -0.927. The van der Waals surface area contributed by atoms with E-state index < -0.39 is 12.1 Å². The van der Waals surface area contributed by atoms with Gasteiger partial charge in [0.2, 0.25) is 0 Å². The molecular weight excluding hydrogens is 168 g/mol. The smallest absolute Gasteiger partial charge is 0.341 e. The summed E-state index contributed by atoms with van der Waals surface area (Å²) in [6, 6.07) is 0. The van der Waals surface area contributed by atoms with Crippen molar-refractivity contribution in [2.24, 2.45) is 0 Å². The Hall–Kier alpha value is -1.09. The zero-order valence-electron chi connectivity index (χ0n) is 7.75. The maximum absolute atomic E-state index is 11.1. The second-order valence-electron chi connectivity index (χ2n) is 3.06. The van der Waals surface area contributed by atoms with Crippen LogP contribution in [0.3, 0.4) is 0 Å². The van der Waals surface area contributed by atoms with Gasteiger partial charge in [-0.25, -0.2) is 4.79 Å². The molecule has 0 amide bonds. The number of cyclic esters (lactones) is 1. The predicted octanol–water partition coefficient (Wildman–Crippen LogP) is 1.53. The Morgan fingerprint density at radius 1 is 1.69 bits per heavy atom. The van der Waals surface area contributed by atoms with E-state index in [4.69, 9.17) is 0 Å². The highest BCUT2D eigenvalue weighted by molar-refractivity contribution is 5.93. The third-order valence-corrected chi connectivity index (χ3v) is 1.98. The van der Waals surface area contributed by atoms with Crippen LogP contribution in [0.25, 0.3) is 0 Å². The Morgan fingerprint density at radius 2 is 2.38 bits per heavy atom. The molecule has 0 aliphatic carbocycles. The lowest BCUT2D eigenvalue weighted by Crippen LogP contribution is -2.07. The van der Waals surface area contributed by atoms with Crippen molar-refractivity contribution in [3.63, 3.8) is 0 Å². The number of hydrogen-bond donors (Lipinski definition) is 1. The van der Waals surface area contributed by atoms with Gasteiger partial charge in [0.05, 0.1) is 5.57 Å². The predicted molar refractivity (Wildman–Crippen MR) is 48.8 cm³/mol. The number of aliphatic hydroxyl groups is 1. The zero-order valence-corrected chi connectivity index (χ0v) is 7.75. The molecule has 0 unspecified atom stereocenters. The van der Waals surface area contributed by atoms with Gasteiger partial charge in [-0.3, -0.25) is 0 Å². The van der Waals surface area contributed by atoms with Crippen LogP contribution in [0.5, 0.6) is 0 Å². The Balaban J connectivity index is 2.62. The van der Waals surface area contributed by atoms with Crippen molar-refractivity contribution in [1.29, 1.82) is 0 Å². The molecular formula is C10H14O3. The number of esters is 1. The summed E-state index contributed by atoms with van der Waals surface area (Å²) in [5, 5.41) is 9.41. The van der Waals surface area contributed by atoms with Gasteiger partial charge in [-0.2, -0.15) is 0 Å². The lowest BCUT2D eigenvalue weighted by Gasteiger charge is -1.98. The summed E-state index contributed by atoms with van der Waals surface area (Å²) in [6.07, 6.45) is 3.68. The molecule has 1 N–H and O–H groups in total. The number of aliphatic hydroxyl groups excluding tert-OH is 1. The number of unbranched alkanes of at least 4 members (excludes halogenated alkanes) is 2. The molecule has 1 aliphatic heterocycles. The van der Waals surface area contributed by atoms with Gasteiger partial charge in [0.25, 0.3) is 0 Å². The maximum Gasteiger partial charge on any atom is 0.341 e. The molecule has 0 saturated carbocycles. The summed E-state index contributed by atoms with van der Waals surface area (Å²) in [4.78, 5) is 11.1. The molecule has 3 heteroatoms. The fourth-order valence-electron chi connectivity index (χ4n) is 1.18. The number of allylic oxidation sites excluding steroid dienone is 1. The van der Waals surface area contributed by atoms with Crippen molar-refractivity contribution in [3.05, 3.63) is 24.0 Å². The van der Waals surface area contributed by atoms with Crippen LogP contribution in [0.1, 0.15) is 26.2 Å². The van der Waals surface area contributed by atoms with E-state index in [-0.39, 0.29) is 5.76 Å². The fourth-order valence-corrected chi connectivity index (χ4v) is 1.18. The summed E-state index contributed by atoms with van der Waals surface area (Å²) in [7, 11) is 0. The zero-order chi connectivity index (χ0) is 9.84. The molecule has 3 nitrogen and oxygen atoms in total. The topological polar surface area (TPSA) is 46.5 Å². The normalized spacial score (nSPS) is 25.4. The summed E-state index contributed by atoms with van der Waals surface area (Å²) in [5.41, 5.74) is 0.332. The van der Waals surface area contributed by atoms with E-state index in [9.17, 15) is 9.90 Å². The van der Waals surface area contributed by atoms with Crippen molar-refractivity contribution in [1.82, 2.24) is 0 Å². The molecule has 13 heavy (non-hydrogen) atoms. The summed E-state index contributed by atoms with van der Waals surface area (Å²) >= 11 is 0. The molecule has 1 atom stereocenters. The minimum absolute atomic E-state index is 0.132. The van der Waals surface area contributed by atoms with Crippen LogP contribution in [0.15, 0.2) is 24.0 Å². The van der Waals surface area contributed by atoms with Crippen LogP contribution in [0.2, 0.25) is 0 Å². The molecule has 0 aromatic heterocycles. The fraction of sp³-hybridized carbons (Fsp3) is 0.500. The molecule has 0 radical (unpaired) electrons. The van der Waals surface area contributed by atoms with Gasteiger partial charge < -0.3 is 9.84 Å². The van der Waals surface area contributed by atoms with Gasteiger partial charge >= 0.3 is 5.97 Å². The van der Waals surface area contributed by atoms with Crippen LogP contribution in [0.4, 0.5) is 0 Å². The standard InChI is InChI=1S/C10H14O3/c1-3-4-5-6-8-9(11)7(2)13-10(8)12/h6,9,11H,2-5H2,1H3/b8-6+/t9-/m1/s1. The van der Waals surface area contributed by atoms with E-state index in [0.29, 0.717) is 5.57 Å². The number of carbonyl (C=O) groups is 1. The number of rotatable bonds is 3. The quantitative estimate of drug-likeness (QED) is 0.409. The van der Waals surface area contributed by atoms with Gasteiger partial charge in [-0.15, -0.1) is 0 Å². The number of hydrogen-bond acceptors (Lipinski definition) is 3. The van der Waals surface area contributed by atoms with Gasteiger partial charge in [-0.05, 0) is 6.42 Å². The first kappa shape index (κ1) is 9.99. The molecule has 0 aromatic carbocycles. The van der Waals surface area contributed by atoms with Crippen LogP contribution >= 0.6 is 0 Å². The molecule has 0 bridgehead atoms. The highest BCUT2D eigenvalue weighted by atomic mass is 16.6. The van der Waals surface area contributed by atoms with Gasteiger partial charge in [-0.1, -0.05) is 32.4 Å². The SMILES string of the molecule is C=C1OC(=O)/C(=C/CCCC)[C@@H]1O. The Labute approximate surface area is 77.7 Å². The molecule has 72 valence electrons.